The first kappa shape index (κ1) is 18.4. The lowest BCUT2D eigenvalue weighted by atomic mass is 9.93. The first-order valence-corrected chi connectivity index (χ1v) is 10.3. The molecule has 0 saturated carbocycles. The fourth-order valence-corrected chi connectivity index (χ4v) is 4.95. The molecular weight excluding hydrogens is 334 g/mol. The summed E-state index contributed by atoms with van der Waals surface area (Å²) in [6.07, 6.45) is 7.93. The van der Waals surface area contributed by atoms with E-state index >= 15 is 0 Å². The number of fused-ring (bicyclic) bond motifs is 1. The largest absolute Gasteiger partial charge is 0.342 e. The SMILES string of the molecule is CNCCC1CCN(C(=O)CNC(=O)c2cc3c(s2)CCCC3)CC1. The fraction of sp³-hybridized carbons (Fsp3) is 0.684. The number of hydrogen-bond acceptors (Lipinski definition) is 4. The summed E-state index contributed by atoms with van der Waals surface area (Å²) in [7, 11) is 1.98. The Labute approximate surface area is 154 Å². The molecule has 1 fully saturated rings. The molecule has 25 heavy (non-hydrogen) atoms. The normalized spacial score (nSPS) is 18.0. The van der Waals surface area contributed by atoms with Crippen LogP contribution in [0.15, 0.2) is 6.07 Å². The zero-order chi connectivity index (χ0) is 17.6. The zero-order valence-electron chi connectivity index (χ0n) is 15.1. The van der Waals surface area contributed by atoms with Gasteiger partial charge >= 0.3 is 0 Å². The number of hydrogen-bond donors (Lipinski definition) is 2. The van der Waals surface area contributed by atoms with Crippen LogP contribution in [0.5, 0.6) is 0 Å². The van der Waals surface area contributed by atoms with Crippen molar-refractivity contribution < 1.29 is 9.59 Å². The van der Waals surface area contributed by atoms with Crippen molar-refractivity contribution in [3.63, 3.8) is 0 Å². The van der Waals surface area contributed by atoms with E-state index in [1.165, 1.54) is 29.7 Å². The van der Waals surface area contributed by atoms with E-state index in [4.69, 9.17) is 0 Å². The molecule has 6 heteroatoms. The molecule has 1 saturated heterocycles. The van der Waals surface area contributed by atoms with E-state index < -0.39 is 0 Å². The second-order valence-corrected chi connectivity index (χ2v) is 8.30. The van der Waals surface area contributed by atoms with Crippen molar-refractivity contribution in [1.29, 1.82) is 0 Å². The van der Waals surface area contributed by atoms with Crippen LogP contribution in [0, 0.1) is 5.92 Å². The summed E-state index contributed by atoms with van der Waals surface area (Å²) in [5.74, 6) is 0.655. The third-order valence-electron chi connectivity index (χ3n) is 5.39. The van der Waals surface area contributed by atoms with Crippen molar-refractivity contribution in [3.05, 3.63) is 21.4 Å². The molecule has 0 atom stereocenters. The van der Waals surface area contributed by atoms with Gasteiger partial charge in [-0.15, -0.1) is 11.3 Å². The summed E-state index contributed by atoms with van der Waals surface area (Å²) in [4.78, 5) is 28.7. The molecule has 0 bridgehead atoms. The van der Waals surface area contributed by atoms with Gasteiger partial charge in [0.05, 0.1) is 11.4 Å². The number of thiophene rings is 1. The van der Waals surface area contributed by atoms with Crippen LogP contribution in [0.3, 0.4) is 0 Å². The Balaban J connectivity index is 1.43. The van der Waals surface area contributed by atoms with E-state index in [1.807, 2.05) is 18.0 Å². The number of carbonyl (C=O) groups excluding carboxylic acids is 2. The number of aryl methyl sites for hydroxylation is 2. The number of rotatable bonds is 6. The third-order valence-corrected chi connectivity index (χ3v) is 6.63. The predicted molar refractivity (Wildman–Crippen MR) is 101 cm³/mol. The van der Waals surface area contributed by atoms with Gasteiger partial charge in [-0.2, -0.15) is 0 Å². The molecule has 0 spiro atoms. The van der Waals surface area contributed by atoms with Gasteiger partial charge in [0, 0.05) is 18.0 Å². The molecule has 2 aliphatic rings. The highest BCUT2D eigenvalue weighted by molar-refractivity contribution is 7.14. The topological polar surface area (TPSA) is 61.4 Å². The van der Waals surface area contributed by atoms with Gasteiger partial charge < -0.3 is 15.5 Å². The van der Waals surface area contributed by atoms with E-state index in [-0.39, 0.29) is 18.4 Å². The summed E-state index contributed by atoms with van der Waals surface area (Å²) in [5.41, 5.74) is 1.33. The minimum Gasteiger partial charge on any atom is -0.342 e. The van der Waals surface area contributed by atoms with Crippen molar-refractivity contribution in [2.45, 2.75) is 44.9 Å². The van der Waals surface area contributed by atoms with E-state index in [0.717, 1.165) is 50.2 Å². The number of piperidine rings is 1. The molecule has 1 aromatic heterocycles. The van der Waals surface area contributed by atoms with Gasteiger partial charge in [-0.3, -0.25) is 9.59 Å². The lowest BCUT2D eigenvalue weighted by molar-refractivity contribution is -0.131. The van der Waals surface area contributed by atoms with Crippen LogP contribution in [0.2, 0.25) is 0 Å². The molecule has 2 heterocycles. The maximum atomic E-state index is 12.4. The quantitative estimate of drug-likeness (QED) is 0.815. The molecule has 0 aromatic carbocycles. The van der Waals surface area contributed by atoms with E-state index in [9.17, 15) is 9.59 Å². The number of carbonyl (C=O) groups is 2. The first-order chi connectivity index (χ1) is 12.2. The second-order valence-electron chi connectivity index (χ2n) is 7.17. The number of nitrogens with one attached hydrogen (secondary N) is 2. The van der Waals surface area contributed by atoms with Gasteiger partial charge in [-0.05, 0) is 76.1 Å². The predicted octanol–water partition coefficient (Wildman–Crippen LogP) is 2.20. The highest BCUT2D eigenvalue weighted by atomic mass is 32.1. The van der Waals surface area contributed by atoms with Gasteiger partial charge in [-0.25, -0.2) is 0 Å². The molecule has 0 radical (unpaired) electrons. The van der Waals surface area contributed by atoms with Crippen molar-refractivity contribution in [2.75, 3.05) is 33.2 Å². The average Bonchev–Trinajstić information content (AvgIpc) is 3.09. The Morgan fingerprint density at radius 3 is 2.72 bits per heavy atom. The van der Waals surface area contributed by atoms with Crippen LogP contribution in [0.1, 0.15) is 52.2 Å². The van der Waals surface area contributed by atoms with Crippen molar-refractivity contribution >= 4 is 23.2 Å². The highest BCUT2D eigenvalue weighted by Gasteiger charge is 2.23. The monoisotopic (exact) mass is 363 g/mol. The minimum atomic E-state index is -0.100. The van der Waals surface area contributed by atoms with Gasteiger partial charge in [0.15, 0.2) is 0 Å². The lowest BCUT2D eigenvalue weighted by Gasteiger charge is -2.32. The molecular formula is C19H29N3O2S. The maximum absolute atomic E-state index is 12.4. The van der Waals surface area contributed by atoms with Crippen LogP contribution >= 0.6 is 11.3 Å². The molecule has 1 aromatic rings. The Hall–Kier alpha value is -1.40. The highest BCUT2D eigenvalue weighted by Crippen LogP contribution is 2.29. The van der Waals surface area contributed by atoms with Crippen molar-refractivity contribution in [1.82, 2.24) is 15.5 Å². The van der Waals surface area contributed by atoms with Gasteiger partial charge in [0.2, 0.25) is 5.91 Å². The zero-order valence-corrected chi connectivity index (χ0v) is 15.9. The molecule has 5 nitrogen and oxygen atoms in total. The van der Waals surface area contributed by atoms with Gasteiger partial charge in [0.1, 0.15) is 0 Å². The van der Waals surface area contributed by atoms with Gasteiger partial charge in [0.25, 0.3) is 5.91 Å². The molecule has 1 aliphatic carbocycles. The van der Waals surface area contributed by atoms with Gasteiger partial charge in [-0.1, -0.05) is 0 Å². The molecule has 2 N–H and O–H groups in total. The molecule has 3 rings (SSSR count). The molecule has 2 amide bonds. The Bertz CT molecular complexity index is 582. The fourth-order valence-electron chi connectivity index (χ4n) is 3.78. The number of likely N-dealkylation sites (tertiary alicyclic amines) is 1. The molecule has 138 valence electrons. The first-order valence-electron chi connectivity index (χ1n) is 9.49. The van der Waals surface area contributed by atoms with Crippen molar-refractivity contribution in [2.24, 2.45) is 5.92 Å². The molecule has 1 aliphatic heterocycles. The standard InChI is InChI=1S/C19H29N3O2S/c1-20-9-6-14-7-10-22(11-8-14)18(23)13-21-19(24)17-12-15-4-2-3-5-16(15)25-17/h12,14,20H,2-11,13H2,1H3,(H,21,24). The smallest absolute Gasteiger partial charge is 0.261 e. The minimum absolute atomic E-state index is 0.0433. The summed E-state index contributed by atoms with van der Waals surface area (Å²) in [6, 6.07) is 2.02. The van der Waals surface area contributed by atoms with Crippen molar-refractivity contribution in [3.8, 4) is 0 Å². The molecule has 0 unspecified atom stereocenters. The van der Waals surface area contributed by atoms with E-state index in [1.54, 1.807) is 11.3 Å². The van der Waals surface area contributed by atoms with E-state index in [2.05, 4.69) is 10.6 Å². The summed E-state index contributed by atoms with van der Waals surface area (Å²) in [5, 5.41) is 6.01. The lowest BCUT2D eigenvalue weighted by Crippen LogP contribution is -2.44. The average molecular weight is 364 g/mol. The van der Waals surface area contributed by atoms with Crippen LogP contribution < -0.4 is 10.6 Å². The number of amides is 2. The third kappa shape index (κ3) is 4.82. The summed E-state index contributed by atoms with van der Waals surface area (Å²) in [6.45, 7) is 2.79. The van der Waals surface area contributed by atoms with Crippen LogP contribution in [0.4, 0.5) is 0 Å². The van der Waals surface area contributed by atoms with Crippen LogP contribution in [-0.2, 0) is 17.6 Å². The van der Waals surface area contributed by atoms with Crippen LogP contribution in [0.25, 0.3) is 0 Å². The summed E-state index contributed by atoms with van der Waals surface area (Å²) < 4.78 is 0. The Morgan fingerprint density at radius 2 is 2.00 bits per heavy atom. The van der Waals surface area contributed by atoms with E-state index in [0.29, 0.717) is 5.92 Å². The Kier molecular flexibility index (Phi) is 6.48. The maximum Gasteiger partial charge on any atom is 0.261 e. The second kappa shape index (κ2) is 8.81. The summed E-state index contributed by atoms with van der Waals surface area (Å²) >= 11 is 1.60. The van der Waals surface area contributed by atoms with Crippen LogP contribution in [-0.4, -0.2) is 49.9 Å². The number of nitrogens with zero attached hydrogens (tertiary/aromatic N) is 1. The Morgan fingerprint density at radius 1 is 1.24 bits per heavy atom.